The summed E-state index contributed by atoms with van der Waals surface area (Å²) in [5.74, 6) is -0.219. The highest BCUT2D eigenvalue weighted by Gasteiger charge is 2.19. The Bertz CT molecular complexity index is 396. The largest absolute Gasteiger partial charge is 0.330 e. The van der Waals surface area contributed by atoms with Gasteiger partial charge in [-0.1, -0.05) is 0 Å². The summed E-state index contributed by atoms with van der Waals surface area (Å²) >= 11 is 0. The summed E-state index contributed by atoms with van der Waals surface area (Å²) in [4.78, 5) is 0. The molecule has 0 unspecified atom stereocenters. The van der Waals surface area contributed by atoms with E-state index in [0.29, 0.717) is 6.54 Å². The average molecular weight is 191 g/mol. The fourth-order valence-corrected chi connectivity index (χ4v) is 1.75. The van der Waals surface area contributed by atoms with Crippen molar-refractivity contribution >= 4 is 11.3 Å². The molecule has 0 saturated heterocycles. The van der Waals surface area contributed by atoms with Gasteiger partial charge in [0.25, 0.3) is 0 Å². The molecular formula is C11H12FN2. The number of nitrogens with two attached hydrogens (primary N) is 1. The van der Waals surface area contributed by atoms with Crippen molar-refractivity contribution < 1.29 is 4.39 Å². The van der Waals surface area contributed by atoms with Crippen LogP contribution in [0.15, 0.2) is 23.9 Å². The molecule has 0 fully saturated rings. The average Bonchev–Trinajstić information content (AvgIpc) is 2.45. The van der Waals surface area contributed by atoms with Gasteiger partial charge in [-0.25, -0.2) is 4.39 Å². The van der Waals surface area contributed by atoms with E-state index in [4.69, 9.17) is 5.73 Å². The van der Waals surface area contributed by atoms with Gasteiger partial charge in [0.2, 0.25) is 0 Å². The summed E-state index contributed by atoms with van der Waals surface area (Å²) in [6.07, 6.45) is 0.756. The van der Waals surface area contributed by atoms with E-state index in [-0.39, 0.29) is 5.82 Å². The van der Waals surface area contributed by atoms with Crippen LogP contribution in [0.25, 0.3) is 5.57 Å². The molecule has 3 heteroatoms. The molecule has 0 spiro atoms. The SMILES string of the molecule is CC1=C(CCN)c2cc(F)ccc2[N]1. The number of hydrogen-bond acceptors (Lipinski definition) is 1. The van der Waals surface area contributed by atoms with Crippen LogP contribution >= 0.6 is 0 Å². The van der Waals surface area contributed by atoms with Gasteiger partial charge in [-0.3, -0.25) is 5.32 Å². The van der Waals surface area contributed by atoms with Crippen LogP contribution in [-0.2, 0) is 0 Å². The van der Waals surface area contributed by atoms with Gasteiger partial charge < -0.3 is 5.73 Å². The van der Waals surface area contributed by atoms with Gasteiger partial charge in [0.1, 0.15) is 5.82 Å². The van der Waals surface area contributed by atoms with Crippen molar-refractivity contribution in [2.45, 2.75) is 13.3 Å². The topological polar surface area (TPSA) is 40.1 Å². The van der Waals surface area contributed by atoms with Gasteiger partial charge in [-0.05, 0) is 43.7 Å². The molecule has 0 amide bonds. The third kappa shape index (κ3) is 1.40. The van der Waals surface area contributed by atoms with Gasteiger partial charge in [-0.15, -0.1) is 0 Å². The van der Waals surface area contributed by atoms with Crippen LogP contribution in [0.1, 0.15) is 18.9 Å². The minimum absolute atomic E-state index is 0.219. The summed E-state index contributed by atoms with van der Waals surface area (Å²) in [7, 11) is 0. The summed E-state index contributed by atoms with van der Waals surface area (Å²) in [5.41, 5.74) is 9.27. The molecule has 0 aliphatic carbocycles. The van der Waals surface area contributed by atoms with E-state index in [1.54, 1.807) is 6.07 Å². The molecule has 1 aliphatic rings. The summed E-state index contributed by atoms with van der Waals surface area (Å²) in [6.45, 7) is 2.50. The lowest BCUT2D eigenvalue weighted by molar-refractivity contribution is 0.627. The number of fused-ring (bicyclic) bond motifs is 1. The van der Waals surface area contributed by atoms with Crippen LogP contribution in [0.5, 0.6) is 0 Å². The lowest BCUT2D eigenvalue weighted by Crippen LogP contribution is -2.00. The summed E-state index contributed by atoms with van der Waals surface area (Å²) < 4.78 is 13.0. The van der Waals surface area contributed by atoms with E-state index in [1.807, 2.05) is 6.92 Å². The molecular weight excluding hydrogens is 179 g/mol. The Kier molecular flexibility index (Phi) is 2.25. The third-order valence-corrected chi connectivity index (χ3v) is 2.40. The first-order valence-corrected chi connectivity index (χ1v) is 4.64. The van der Waals surface area contributed by atoms with Crippen molar-refractivity contribution in [2.75, 3.05) is 6.54 Å². The van der Waals surface area contributed by atoms with Crippen molar-refractivity contribution in [1.82, 2.24) is 5.32 Å². The van der Waals surface area contributed by atoms with Crippen LogP contribution in [0.4, 0.5) is 10.1 Å². The Morgan fingerprint density at radius 3 is 2.93 bits per heavy atom. The van der Waals surface area contributed by atoms with Crippen molar-refractivity contribution in [3.63, 3.8) is 0 Å². The number of allylic oxidation sites excluding steroid dienone is 1. The predicted molar refractivity (Wildman–Crippen MR) is 54.5 cm³/mol. The normalized spacial score (nSPS) is 14.2. The fourth-order valence-electron chi connectivity index (χ4n) is 1.75. The summed E-state index contributed by atoms with van der Waals surface area (Å²) in [6, 6.07) is 4.67. The Balaban J connectivity index is 2.45. The summed E-state index contributed by atoms with van der Waals surface area (Å²) in [5, 5.41) is 4.35. The molecule has 2 nitrogen and oxygen atoms in total. The zero-order valence-corrected chi connectivity index (χ0v) is 8.05. The standard InChI is InChI=1S/C11H12FN2/c1-7-9(4-5-13)10-6-8(12)2-3-11(10)14-7/h2-3,6H,4-5,13H2,1H3. The second-order valence-electron chi connectivity index (χ2n) is 3.38. The van der Waals surface area contributed by atoms with Crippen LogP contribution in [0, 0.1) is 5.82 Å². The molecule has 1 radical (unpaired) electrons. The quantitative estimate of drug-likeness (QED) is 0.764. The predicted octanol–water partition coefficient (Wildman–Crippen LogP) is 2.16. The lowest BCUT2D eigenvalue weighted by Gasteiger charge is -2.02. The molecule has 1 aliphatic heterocycles. The monoisotopic (exact) mass is 191 g/mol. The minimum Gasteiger partial charge on any atom is -0.330 e. The molecule has 1 aromatic rings. The maximum Gasteiger partial charge on any atom is 0.123 e. The number of hydrogen-bond donors (Lipinski definition) is 1. The number of halogens is 1. The highest BCUT2D eigenvalue weighted by molar-refractivity contribution is 5.81. The van der Waals surface area contributed by atoms with Crippen molar-refractivity contribution in [3.05, 3.63) is 35.3 Å². The van der Waals surface area contributed by atoms with Crippen LogP contribution in [0.2, 0.25) is 0 Å². The first-order chi connectivity index (χ1) is 6.72. The zero-order valence-electron chi connectivity index (χ0n) is 8.05. The van der Waals surface area contributed by atoms with E-state index in [2.05, 4.69) is 5.32 Å². The molecule has 0 saturated carbocycles. The molecule has 2 rings (SSSR count). The molecule has 1 aromatic carbocycles. The molecule has 2 N–H and O–H groups in total. The van der Waals surface area contributed by atoms with Crippen LogP contribution < -0.4 is 11.1 Å². The number of rotatable bonds is 2. The smallest absolute Gasteiger partial charge is 0.123 e. The van der Waals surface area contributed by atoms with E-state index < -0.39 is 0 Å². The minimum atomic E-state index is -0.219. The molecule has 0 aromatic heterocycles. The molecule has 73 valence electrons. The Hall–Kier alpha value is -1.35. The van der Waals surface area contributed by atoms with Crippen LogP contribution in [0.3, 0.4) is 0 Å². The maximum atomic E-state index is 13.0. The maximum absolute atomic E-state index is 13.0. The highest BCUT2D eigenvalue weighted by atomic mass is 19.1. The Morgan fingerprint density at radius 1 is 1.43 bits per heavy atom. The lowest BCUT2D eigenvalue weighted by atomic mass is 10.0. The van der Waals surface area contributed by atoms with Gasteiger partial charge in [-0.2, -0.15) is 0 Å². The molecule has 1 heterocycles. The van der Waals surface area contributed by atoms with Gasteiger partial charge >= 0.3 is 0 Å². The highest BCUT2D eigenvalue weighted by Crippen LogP contribution is 2.36. The van der Waals surface area contributed by atoms with E-state index >= 15 is 0 Å². The fraction of sp³-hybridized carbons (Fsp3) is 0.273. The zero-order chi connectivity index (χ0) is 10.1. The van der Waals surface area contributed by atoms with Gasteiger partial charge in [0.15, 0.2) is 0 Å². The van der Waals surface area contributed by atoms with E-state index in [0.717, 1.165) is 28.9 Å². The molecule has 14 heavy (non-hydrogen) atoms. The van der Waals surface area contributed by atoms with Gasteiger partial charge in [0.05, 0.1) is 5.69 Å². The number of nitrogens with zero attached hydrogens (tertiary/aromatic N) is 1. The van der Waals surface area contributed by atoms with Crippen molar-refractivity contribution in [1.29, 1.82) is 0 Å². The van der Waals surface area contributed by atoms with Crippen molar-refractivity contribution in [3.8, 4) is 0 Å². The number of benzene rings is 1. The third-order valence-electron chi connectivity index (χ3n) is 2.40. The molecule has 0 atom stereocenters. The Morgan fingerprint density at radius 2 is 2.21 bits per heavy atom. The van der Waals surface area contributed by atoms with E-state index in [1.165, 1.54) is 12.1 Å². The Labute approximate surface area is 82.6 Å². The second kappa shape index (κ2) is 3.42. The van der Waals surface area contributed by atoms with Crippen molar-refractivity contribution in [2.24, 2.45) is 5.73 Å². The van der Waals surface area contributed by atoms with Crippen LogP contribution in [-0.4, -0.2) is 6.54 Å². The first-order valence-electron chi connectivity index (χ1n) is 4.64. The van der Waals surface area contributed by atoms with E-state index in [9.17, 15) is 4.39 Å². The van der Waals surface area contributed by atoms with Gasteiger partial charge in [0, 0.05) is 11.3 Å². The second-order valence-corrected chi connectivity index (χ2v) is 3.38. The molecule has 0 bridgehead atoms. The first kappa shape index (κ1) is 9.21.